The molecule has 4 atom stereocenters. The highest BCUT2D eigenvalue weighted by Crippen LogP contribution is 2.57. The summed E-state index contributed by atoms with van der Waals surface area (Å²) < 4.78 is 8.61. The number of nitrogens with two attached hydrogens (primary N) is 2. The molecule has 0 aromatic carbocycles. The lowest BCUT2D eigenvalue weighted by molar-refractivity contribution is -0.236. The molecule has 0 aromatic rings. The van der Waals surface area contributed by atoms with E-state index in [0.29, 0.717) is 0 Å². The first-order chi connectivity index (χ1) is 7.35. The van der Waals surface area contributed by atoms with E-state index >= 15 is 0 Å². The van der Waals surface area contributed by atoms with E-state index in [2.05, 4.69) is 9.47 Å². The molecule has 4 bridgehead atoms. The molecule has 84 valence electrons. The Morgan fingerprint density at radius 3 is 1.44 bits per heavy atom. The van der Waals surface area contributed by atoms with Gasteiger partial charge < -0.3 is 20.9 Å². The normalized spacial score (nSPS) is 49.4. The third-order valence-electron chi connectivity index (χ3n) is 3.57. The van der Waals surface area contributed by atoms with Crippen molar-refractivity contribution >= 4 is 23.9 Å². The van der Waals surface area contributed by atoms with E-state index in [9.17, 15) is 19.2 Å². The van der Waals surface area contributed by atoms with Crippen LogP contribution in [0.3, 0.4) is 0 Å². The van der Waals surface area contributed by atoms with Gasteiger partial charge in [0.05, 0.1) is 0 Å². The lowest BCUT2D eigenvalue weighted by Gasteiger charge is -2.63. The fourth-order valence-electron chi connectivity index (χ4n) is 2.66. The van der Waals surface area contributed by atoms with Gasteiger partial charge in [0.25, 0.3) is 0 Å². The van der Waals surface area contributed by atoms with Crippen molar-refractivity contribution in [2.45, 2.75) is 11.1 Å². The Balaban J connectivity index is 2.25. The van der Waals surface area contributed by atoms with Gasteiger partial charge in [-0.25, -0.2) is 9.59 Å². The minimum Gasteiger partial charge on any atom is -0.391 e. The fourth-order valence-corrected chi connectivity index (χ4v) is 2.66. The molecule has 1 aliphatic carbocycles. The maximum Gasteiger partial charge on any atom is 0.337 e. The van der Waals surface area contributed by atoms with Crippen molar-refractivity contribution < 1.29 is 28.7 Å². The Kier molecular flexibility index (Phi) is 1.27. The molecule has 16 heavy (non-hydrogen) atoms. The molecule has 2 heterocycles. The summed E-state index contributed by atoms with van der Waals surface area (Å²) in [6, 6.07) is 0. The van der Waals surface area contributed by atoms with Gasteiger partial charge in [0.15, 0.2) is 11.1 Å². The van der Waals surface area contributed by atoms with Crippen molar-refractivity contribution in [3.05, 3.63) is 0 Å². The van der Waals surface area contributed by atoms with Crippen molar-refractivity contribution in [3.8, 4) is 0 Å². The van der Waals surface area contributed by atoms with Crippen molar-refractivity contribution in [3.63, 3.8) is 0 Å². The molecule has 2 saturated heterocycles. The van der Waals surface area contributed by atoms with E-state index in [1.807, 2.05) is 0 Å². The van der Waals surface area contributed by atoms with Gasteiger partial charge in [-0.2, -0.15) is 0 Å². The molecule has 0 radical (unpaired) electrons. The maximum atomic E-state index is 11.5. The quantitative estimate of drug-likeness (QED) is 0.325. The monoisotopic (exact) mass is 226 g/mol. The third-order valence-corrected chi connectivity index (χ3v) is 3.57. The molecule has 0 aromatic heterocycles. The zero-order chi connectivity index (χ0) is 11.9. The molecular formula is C8H6N2O6. The largest absolute Gasteiger partial charge is 0.391 e. The summed E-state index contributed by atoms with van der Waals surface area (Å²) in [4.78, 5) is 45.6. The number of carbonyl (C=O) groups excluding carboxylic acids is 4. The third kappa shape index (κ3) is 0.584. The number of fused-ring (bicyclic) bond motifs is 1. The minimum absolute atomic E-state index is 1.00. The summed E-state index contributed by atoms with van der Waals surface area (Å²) in [5.74, 6) is -6.76. The van der Waals surface area contributed by atoms with Gasteiger partial charge in [0, 0.05) is 0 Å². The summed E-state index contributed by atoms with van der Waals surface area (Å²) in [6.07, 6.45) is 0. The number of hydrogen-bond acceptors (Lipinski definition) is 8. The van der Waals surface area contributed by atoms with E-state index in [4.69, 9.17) is 11.5 Å². The van der Waals surface area contributed by atoms with Crippen LogP contribution in [-0.4, -0.2) is 35.0 Å². The van der Waals surface area contributed by atoms with Crippen LogP contribution in [0.1, 0.15) is 0 Å². The van der Waals surface area contributed by atoms with Gasteiger partial charge in [-0.15, -0.1) is 0 Å². The van der Waals surface area contributed by atoms with Gasteiger partial charge in [-0.3, -0.25) is 9.59 Å². The average molecular weight is 226 g/mol. The lowest BCUT2D eigenvalue weighted by atomic mass is 9.44. The van der Waals surface area contributed by atoms with E-state index in [1.165, 1.54) is 0 Å². The van der Waals surface area contributed by atoms with Crippen LogP contribution in [0.5, 0.6) is 0 Å². The fraction of sp³-hybridized carbons (Fsp3) is 0.500. The van der Waals surface area contributed by atoms with Crippen LogP contribution in [0.2, 0.25) is 0 Å². The molecule has 0 spiro atoms. The van der Waals surface area contributed by atoms with Crippen molar-refractivity contribution in [1.29, 1.82) is 0 Å². The number of ether oxygens (including phenoxy) is 2. The zero-order valence-electron chi connectivity index (χ0n) is 7.76. The second kappa shape index (κ2) is 2.15. The second-order valence-electron chi connectivity index (χ2n) is 4.11. The van der Waals surface area contributed by atoms with Gasteiger partial charge in [0.1, 0.15) is 11.8 Å². The van der Waals surface area contributed by atoms with Crippen LogP contribution < -0.4 is 11.5 Å². The van der Waals surface area contributed by atoms with E-state index in [-0.39, 0.29) is 0 Å². The predicted molar refractivity (Wildman–Crippen MR) is 43.0 cm³/mol. The summed E-state index contributed by atoms with van der Waals surface area (Å²) in [6.45, 7) is 0. The van der Waals surface area contributed by atoms with Crippen molar-refractivity contribution in [1.82, 2.24) is 0 Å². The maximum absolute atomic E-state index is 11.5. The van der Waals surface area contributed by atoms with Crippen LogP contribution in [0.4, 0.5) is 0 Å². The predicted octanol–water partition coefficient (Wildman–Crippen LogP) is -3.21. The van der Waals surface area contributed by atoms with E-state index < -0.39 is 46.8 Å². The topological polar surface area (TPSA) is 139 Å². The van der Waals surface area contributed by atoms with E-state index in [1.54, 1.807) is 0 Å². The van der Waals surface area contributed by atoms with Gasteiger partial charge >= 0.3 is 23.9 Å². The molecule has 1 saturated carbocycles. The molecule has 2 aliphatic heterocycles. The molecule has 3 fully saturated rings. The number of esters is 4. The summed E-state index contributed by atoms with van der Waals surface area (Å²) in [7, 11) is 0. The molecule has 0 amide bonds. The van der Waals surface area contributed by atoms with E-state index in [0.717, 1.165) is 0 Å². The Hall–Kier alpha value is -1.80. The van der Waals surface area contributed by atoms with Gasteiger partial charge in [-0.05, 0) is 0 Å². The zero-order valence-corrected chi connectivity index (χ0v) is 7.76. The Labute approximate surface area is 87.8 Å². The van der Waals surface area contributed by atoms with Crippen molar-refractivity contribution in [2.75, 3.05) is 0 Å². The molecular weight excluding hydrogens is 220 g/mol. The standard InChI is InChI=1S/C8H6N2O6/c9-7-1-2(4(12)16-5(7)13)8(7,10)6(14)15-3(1)11/h1-2H,9-10H2. The van der Waals surface area contributed by atoms with Gasteiger partial charge in [0.2, 0.25) is 0 Å². The van der Waals surface area contributed by atoms with Crippen LogP contribution in [0.25, 0.3) is 0 Å². The first-order valence-electron chi connectivity index (χ1n) is 4.45. The number of carbonyl (C=O) groups is 4. The first kappa shape index (κ1) is 9.43. The smallest absolute Gasteiger partial charge is 0.337 e. The van der Waals surface area contributed by atoms with Crippen LogP contribution in [0, 0.1) is 11.8 Å². The van der Waals surface area contributed by atoms with Crippen LogP contribution >= 0.6 is 0 Å². The molecule has 8 heteroatoms. The first-order valence-corrected chi connectivity index (χ1v) is 4.45. The Bertz CT molecular complexity index is 443. The highest BCUT2D eigenvalue weighted by molar-refractivity contribution is 6.18. The minimum atomic E-state index is -1.97. The molecule has 4 N–H and O–H groups in total. The molecule has 8 nitrogen and oxygen atoms in total. The SMILES string of the molecule is NC12C(=O)OC(=O)C3C1C(=O)OC(=O)C32N. The molecule has 4 unspecified atom stereocenters. The van der Waals surface area contributed by atoms with Crippen molar-refractivity contribution in [2.24, 2.45) is 23.3 Å². The number of cyclic esters (lactones) is 4. The average Bonchev–Trinajstić information content (AvgIpc) is 2.18. The lowest BCUT2D eigenvalue weighted by Crippen LogP contribution is -2.97. The van der Waals surface area contributed by atoms with Crippen LogP contribution in [-0.2, 0) is 28.7 Å². The summed E-state index contributed by atoms with van der Waals surface area (Å²) in [5.41, 5.74) is 7.33. The highest BCUT2D eigenvalue weighted by atomic mass is 16.6. The number of rotatable bonds is 0. The van der Waals surface area contributed by atoms with Crippen LogP contribution in [0.15, 0.2) is 0 Å². The Morgan fingerprint density at radius 1 is 0.812 bits per heavy atom. The van der Waals surface area contributed by atoms with Gasteiger partial charge in [-0.1, -0.05) is 0 Å². The number of hydrogen-bond donors (Lipinski definition) is 2. The molecule has 3 rings (SSSR count). The summed E-state index contributed by atoms with van der Waals surface area (Å²) >= 11 is 0. The highest BCUT2D eigenvalue weighted by Gasteiger charge is 2.88. The molecule has 3 aliphatic rings. The second-order valence-corrected chi connectivity index (χ2v) is 4.11. The summed E-state index contributed by atoms with van der Waals surface area (Å²) in [5, 5.41) is 0. The Morgan fingerprint density at radius 2 is 1.12 bits per heavy atom.